The Bertz CT molecular complexity index is 647. The first kappa shape index (κ1) is 16.6. The number of benzene rings is 2. The average Bonchev–Trinajstić information content (AvgIpc) is 2.56. The van der Waals surface area contributed by atoms with Gasteiger partial charge in [0.15, 0.2) is 28.7 Å². The molecule has 0 saturated carbocycles. The predicted octanol–water partition coefficient (Wildman–Crippen LogP) is 2.61. The molecule has 124 valence electrons. The summed E-state index contributed by atoms with van der Waals surface area (Å²) in [4.78, 5) is 0. The van der Waals surface area contributed by atoms with Gasteiger partial charge in [0, 0.05) is 0 Å². The second-order valence-corrected chi connectivity index (χ2v) is 5.02. The maximum absolute atomic E-state index is 9.54. The zero-order chi connectivity index (χ0) is 17.0. The molecule has 0 unspecified atom stereocenters. The highest BCUT2D eigenvalue weighted by Gasteiger charge is 2.14. The number of ether oxygens (including phenoxy) is 3. The summed E-state index contributed by atoms with van der Waals surface area (Å²) in [5.41, 5.74) is 1.65. The van der Waals surface area contributed by atoms with Crippen LogP contribution >= 0.6 is 0 Å². The Labute approximate surface area is 134 Å². The van der Waals surface area contributed by atoms with Crippen LogP contribution in [0.25, 0.3) is 0 Å². The molecule has 23 heavy (non-hydrogen) atoms. The lowest BCUT2D eigenvalue weighted by molar-refractivity contribution is 0.324. The molecule has 3 N–H and O–H groups in total. The van der Waals surface area contributed by atoms with Gasteiger partial charge < -0.3 is 29.5 Å². The van der Waals surface area contributed by atoms with E-state index in [0.29, 0.717) is 35.7 Å². The molecular formula is C17H20O6. The van der Waals surface area contributed by atoms with E-state index in [-0.39, 0.29) is 11.5 Å². The van der Waals surface area contributed by atoms with Gasteiger partial charge in [-0.3, -0.25) is 0 Å². The molecular weight excluding hydrogens is 300 g/mol. The van der Waals surface area contributed by atoms with Crippen molar-refractivity contribution >= 4 is 0 Å². The van der Waals surface area contributed by atoms with Crippen LogP contribution in [0.15, 0.2) is 24.3 Å². The van der Waals surface area contributed by atoms with Crippen molar-refractivity contribution < 1.29 is 29.5 Å². The lowest BCUT2D eigenvalue weighted by atomic mass is 10.0. The van der Waals surface area contributed by atoms with Gasteiger partial charge in [-0.05, 0) is 48.2 Å². The van der Waals surface area contributed by atoms with E-state index in [2.05, 4.69) is 0 Å². The summed E-state index contributed by atoms with van der Waals surface area (Å²) in [6.07, 6.45) is 1.18. The number of hydrogen-bond donors (Lipinski definition) is 3. The summed E-state index contributed by atoms with van der Waals surface area (Å²) in [6.45, 7) is 0. The fraction of sp³-hybridized carbons (Fsp3) is 0.294. The van der Waals surface area contributed by atoms with Gasteiger partial charge in [0.2, 0.25) is 5.75 Å². The Morgan fingerprint density at radius 2 is 1.13 bits per heavy atom. The second-order valence-electron chi connectivity index (χ2n) is 5.02. The number of phenolic OH excluding ortho intramolecular Hbond substituents is 3. The zero-order valence-electron chi connectivity index (χ0n) is 13.3. The SMILES string of the molecule is COc1cc(CCc2cc(O)c(O)c(O)c2)cc(OC)c1OC. The van der Waals surface area contributed by atoms with Crippen LogP contribution in [0.3, 0.4) is 0 Å². The topological polar surface area (TPSA) is 88.4 Å². The molecule has 0 heterocycles. The standard InChI is InChI=1S/C17H20O6/c1-21-14-8-11(9-15(22-2)17(14)23-3)5-4-10-6-12(18)16(20)13(19)7-10/h6-9,18-20H,4-5H2,1-3H3. The molecule has 2 rings (SSSR count). The van der Waals surface area contributed by atoms with Gasteiger partial charge in [0.05, 0.1) is 21.3 Å². The first-order valence-electron chi connectivity index (χ1n) is 7.02. The Morgan fingerprint density at radius 1 is 0.696 bits per heavy atom. The highest BCUT2D eigenvalue weighted by Crippen LogP contribution is 2.39. The van der Waals surface area contributed by atoms with Gasteiger partial charge in [-0.2, -0.15) is 0 Å². The summed E-state index contributed by atoms with van der Waals surface area (Å²) < 4.78 is 15.9. The van der Waals surface area contributed by atoms with E-state index in [0.717, 1.165) is 5.56 Å². The lowest BCUT2D eigenvalue weighted by Gasteiger charge is -2.14. The summed E-state index contributed by atoms with van der Waals surface area (Å²) in [6, 6.07) is 6.54. The Kier molecular flexibility index (Phi) is 5.05. The van der Waals surface area contributed by atoms with Crippen molar-refractivity contribution in [2.45, 2.75) is 12.8 Å². The molecule has 0 aliphatic rings. The number of aryl methyl sites for hydroxylation is 2. The van der Waals surface area contributed by atoms with Crippen LogP contribution in [-0.2, 0) is 12.8 Å². The van der Waals surface area contributed by atoms with Crippen LogP contribution in [0, 0.1) is 0 Å². The molecule has 0 spiro atoms. The summed E-state index contributed by atoms with van der Waals surface area (Å²) >= 11 is 0. The molecule has 0 radical (unpaired) electrons. The highest BCUT2D eigenvalue weighted by molar-refractivity contribution is 5.54. The first-order valence-corrected chi connectivity index (χ1v) is 7.02. The number of phenols is 3. The molecule has 0 aliphatic heterocycles. The van der Waals surface area contributed by atoms with Gasteiger partial charge in [0.25, 0.3) is 0 Å². The van der Waals surface area contributed by atoms with Crippen molar-refractivity contribution in [1.29, 1.82) is 0 Å². The third-order valence-electron chi connectivity index (χ3n) is 3.56. The molecule has 0 aliphatic carbocycles. The van der Waals surface area contributed by atoms with E-state index < -0.39 is 5.75 Å². The number of hydrogen-bond acceptors (Lipinski definition) is 6. The van der Waals surface area contributed by atoms with Gasteiger partial charge in [-0.25, -0.2) is 0 Å². The largest absolute Gasteiger partial charge is 0.504 e. The fourth-order valence-corrected chi connectivity index (χ4v) is 2.37. The molecule has 2 aromatic rings. The van der Waals surface area contributed by atoms with Gasteiger partial charge in [0.1, 0.15) is 0 Å². The van der Waals surface area contributed by atoms with Crippen molar-refractivity contribution in [3.8, 4) is 34.5 Å². The smallest absolute Gasteiger partial charge is 0.203 e. The maximum Gasteiger partial charge on any atom is 0.203 e. The molecule has 2 aromatic carbocycles. The fourth-order valence-electron chi connectivity index (χ4n) is 2.37. The first-order chi connectivity index (χ1) is 11.0. The Hall–Kier alpha value is -2.76. The summed E-state index contributed by atoms with van der Waals surface area (Å²) in [5.74, 6) is 0.464. The van der Waals surface area contributed by atoms with E-state index in [4.69, 9.17) is 14.2 Å². The molecule has 0 atom stereocenters. The van der Waals surface area contributed by atoms with Crippen molar-refractivity contribution in [3.05, 3.63) is 35.4 Å². The minimum absolute atomic E-state index is 0.343. The summed E-state index contributed by atoms with van der Waals surface area (Å²) in [5, 5.41) is 28.5. The molecule has 0 fully saturated rings. The zero-order valence-corrected chi connectivity index (χ0v) is 13.3. The average molecular weight is 320 g/mol. The quantitative estimate of drug-likeness (QED) is 0.709. The van der Waals surface area contributed by atoms with E-state index in [1.165, 1.54) is 12.1 Å². The third kappa shape index (κ3) is 3.53. The van der Waals surface area contributed by atoms with Crippen molar-refractivity contribution in [1.82, 2.24) is 0 Å². The number of rotatable bonds is 6. The molecule has 6 nitrogen and oxygen atoms in total. The number of methoxy groups -OCH3 is 3. The minimum atomic E-state index is -0.512. The second kappa shape index (κ2) is 7.00. The van der Waals surface area contributed by atoms with E-state index in [9.17, 15) is 15.3 Å². The predicted molar refractivity (Wildman–Crippen MR) is 84.9 cm³/mol. The monoisotopic (exact) mass is 320 g/mol. The van der Waals surface area contributed by atoms with Gasteiger partial charge >= 0.3 is 0 Å². The van der Waals surface area contributed by atoms with Crippen LogP contribution < -0.4 is 14.2 Å². The molecule has 0 amide bonds. The molecule has 0 saturated heterocycles. The lowest BCUT2D eigenvalue weighted by Crippen LogP contribution is -1.98. The molecule has 0 aromatic heterocycles. The third-order valence-corrected chi connectivity index (χ3v) is 3.56. The Morgan fingerprint density at radius 3 is 1.52 bits per heavy atom. The van der Waals surface area contributed by atoms with Crippen LogP contribution in [0.5, 0.6) is 34.5 Å². The Balaban J connectivity index is 2.24. The normalized spacial score (nSPS) is 10.4. The van der Waals surface area contributed by atoms with E-state index in [1.54, 1.807) is 21.3 Å². The summed E-state index contributed by atoms with van der Waals surface area (Å²) in [7, 11) is 4.65. The van der Waals surface area contributed by atoms with E-state index >= 15 is 0 Å². The van der Waals surface area contributed by atoms with Crippen LogP contribution in [0.4, 0.5) is 0 Å². The van der Waals surface area contributed by atoms with Gasteiger partial charge in [-0.1, -0.05) is 0 Å². The molecule has 0 bridgehead atoms. The number of aromatic hydroxyl groups is 3. The highest BCUT2D eigenvalue weighted by atomic mass is 16.5. The van der Waals surface area contributed by atoms with Crippen LogP contribution in [0.1, 0.15) is 11.1 Å². The maximum atomic E-state index is 9.54. The van der Waals surface area contributed by atoms with Gasteiger partial charge in [-0.15, -0.1) is 0 Å². The van der Waals surface area contributed by atoms with E-state index in [1.807, 2.05) is 12.1 Å². The minimum Gasteiger partial charge on any atom is -0.504 e. The van der Waals surface area contributed by atoms with Crippen LogP contribution in [0.2, 0.25) is 0 Å². The molecule has 6 heteroatoms. The van der Waals surface area contributed by atoms with Crippen molar-refractivity contribution in [3.63, 3.8) is 0 Å². The van der Waals surface area contributed by atoms with Crippen molar-refractivity contribution in [2.24, 2.45) is 0 Å². The van der Waals surface area contributed by atoms with Crippen LogP contribution in [-0.4, -0.2) is 36.6 Å². The van der Waals surface area contributed by atoms with Crippen molar-refractivity contribution in [2.75, 3.05) is 21.3 Å².